The van der Waals surface area contributed by atoms with Crippen LogP contribution in [0.5, 0.6) is 0 Å². The molecular weight excluding hydrogens is 955 g/mol. The van der Waals surface area contributed by atoms with Gasteiger partial charge in [0.05, 0.1) is 23.8 Å². The Bertz CT molecular complexity index is 2510. The quantitative estimate of drug-likeness (QED) is 0.0926. The number of hydrogen-bond acceptors (Lipinski definition) is 11. The number of alkyl halides is 3. The Hall–Kier alpha value is -3.81. The van der Waals surface area contributed by atoms with Gasteiger partial charge in [-0.15, -0.1) is 11.8 Å². The van der Waals surface area contributed by atoms with Crippen LogP contribution in [0.4, 0.5) is 24.5 Å². The summed E-state index contributed by atoms with van der Waals surface area (Å²) in [6.07, 6.45) is 2.22. The lowest BCUT2D eigenvalue weighted by Gasteiger charge is -2.36. The summed E-state index contributed by atoms with van der Waals surface area (Å²) in [6, 6.07) is 25.3. The number of sulfonamides is 1. The van der Waals surface area contributed by atoms with Crippen molar-refractivity contribution in [2.45, 2.75) is 66.3 Å². The largest absolute Gasteiger partial charge is 0.501 e. The van der Waals surface area contributed by atoms with Crippen molar-refractivity contribution in [1.29, 1.82) is 0 Å². The Morgan fingerprint density at radius 2 is 1.45 bits per heavy atom. The van der Waals surface area contributed by atoms with Gasteiger partial charge in [-0.2, -0.15) is 13.2 Å². The van der Waals surface area contributed by atoms with Crippen LogP contribution in [0.25, 0.3) is 5.57 Å². The number of ether oxygens (including phenoxy) is 1. The molecule has 2 aliphatic heterocycles. The highest BCUT2D eigenvalue weighted by atomic mass is 35.5. The SMILES string of the molecule is CC(C)(C)CCC(=C(Cl)CN1CCN(c2ccc(C(=O)NS(=O)(=O)c3ccc(N[C@H](CCN4CCOCC4)CSc4ccccc4)c(S(=O)(=O)C(F)(F)F)c3)cc2)CC1)c1ccc(Cl)cc1. The van der Waals surface area contributed by atoms with E-state index < -0.39 is 52.8 Å². The molecule has 0 saturated carbocycles. The second-order valence-electron chi connectivity index (χ2n) is 17.5. The van der Waals surface area contributed by atoms with E-state index in [2.05, 4.69) is 40.8 Å². The van der Waals surface area contributed by atoms with E-state index >= 15 is 0 Å². The lowest BCUT2D eigenvalue weighted by Crippen LogP contribution is -2.46. The maximum absolute atomic E-state index is 14.2. The predicted molar refractivity (Wildman–Crippen MR) is 259 cm³/mol. The van der Waals surface area contributed by atoms with Crippen molar-refractivity contribution in [2.75, 3.05) is 81.5 Å². The molecule has 1 amide bonds. The molecule has 2 heterocycles. The first-order chi connectivity index (χ1) is 31.2. The van der Waals surface area contributed by atoms with E-state index in [1.165, 1.54) is 23.9 Å². The fraction of sp³-hybridized carbons (Fsp3) is 0.426. The summed E-state index contributed by atoms with van der Waals surface area (Å²) < 4.78 is 103. The van der Waals surface area contributed by atoms with Gasteiger partial charge in [-0.3, -0.25) is 14.6 Å². The van der Waals surface area contributed by atoms with Gasteiger partial charge in [0.1, 0.15) is 4.90 Å². The van der Waals surface area contributed by atoms with Crippen molar-refractivity contribution in [3.63, 3.8) is 0 Å². The highest BCUT2D eigenvalue weighted by Gasteiger charge is 2.48. The highest BCUT2D eigenvalue weighted by Crippen LogP contribution is 2.37. The molecule has 66 heavy (non-hydrogen) atoms. The summed E-state index contributed by atoms with van der Waals surface area (Å²) in [5.41, 5.74) is -3.11. The van der Waals surface area contributed by atoms with Crippen LogP contribution < -0.4 is 14.9 Å². The van der Waals surface area contributed by atoms with E-state index in [0.29, 0.717) is 88.8 Å². The van der Waals surface area contributed by atoms with Crippen molar-refractivity contribution < 1.29 is 39.5 Å². The third-order valence-electron chi connectivity index (χ3n) is 11.4. The number of thioether (sulfide) groups is 1. The van der Waals surface area contributed by atoms with Gasteiger partial charge in [-0.05, 0) is 103 Å². The molecular formula is C47H56Cl2F3N5O6S3. The molecule has 1 atom stereocenters. The van der Waals surface area contributed by atoms with E-state index in [1.807, 2.05) is 59.3 Å². The molecule has 358 valence electrons. The van der Waals surface area contributed by atoms with Crippen LogP contribution in [0.2, 0.25) is 5.02 Å². The molecule has 2 saturated heterocycles. The molecule has 19 heteroatoms. The second-order valence-corrected chi connectivity index (χ2v) is 23.1. The zero-order valence-corrected chi connectivity index (χ0v) is 41.1. The summed E-state index contributed by atoms with van der Waals surface area (Å²) in [5, 5.41) is 4.42. The fourth-order valence-electron chi connectivity index (χ4n) is 7.54. The second kappa shape index (κ2) is 22.5. The number of nitrogens with zero attached hydrogens (tertiary/aromatic N) is 3. The first-order valence-electron chi connectivity index (χ1n) is 21.7. The van der Waals surface area contributed by atoms with E-state index in [0.717, 1.165) is 51.7 Å². The standard InChI is InChI=1S/C47H56Cl2F3N5O6S3/c1-46(2,3)21-19-41(34-9-13-36(48)14-10-34)42(49)32-56-23-25-57(26-24-56)38-15-11-35(12-16-38)45(58)54-66(61,62)40-17-18-43(44(31-40)65(59,60)47(50,51)52)53-37(20-22-55-27-29-63-30-28-55)33-64-39-7-5-4-6-8-39/h4-18,31,37,53H,19-30,32-33H2,1-3H3,(H,54,58)/t37-/m1/s1. The summed E-state index contributed by atoms with van der Waals surface area (Å²) >= 11 is 14.6. The number of halogens is 5. The minimum Gasteiger partial charge on any atom is -0.380 e. The molecule has 4 aromatic rings. The van der Waals surface area contributed by atoms with Gasteiger partial charge in [0.2, 0.25) is 0 Å². The Balaban J connectivity index is 1.12. The summed E-state index contributed by atoms with van der Waals surface area (Å²) in [7, 11) is -10.9. The number of benzene rings is 4. The number of hydrogen-bond donors (Lipinski definition) is 2. The number of morpholine rings is 1. The Morgan fingerprint density at radius 3 is 2.08 bits per heavy atom. The van der Waals surface area contributed by atoms with Gasteiger partial charge in [0, 0.05) is 90.4 Å². The summed E-state index contributed by atoms with van der Waals surface area (Å²) in [4.78, 5) is 18.7. The van der Waals surface area contributed by atoms with Crippen LogP contribution >= 0.6 is 35.0 Å². The number of sulfone groups is 1. The van der Waals surface area contributed by atoms with Crippen LogP contribution in [0.3, 0.4) is 0 Å². The van der Waals surface area contributed by atoms with Crippen LogP contribution in [0.1, 0.15) is 56.0 Å². The number of allylic oxidation sites excluding steroid dienone is 1. The van der Waals surface area contributed by atoms with Gasteiger partial charge < -0.3 is 15.0 Å². The number of nitrogens with one attached hydrogen (secondary N) is 2. The molecule has 4 aromatic carbocycles. The monoisotopic (exact) mass is 1010 g/mol. The lowest BCUT2D eigenvalue weighted by molar-refractivity contribution is -0.0435. The van der Waals surface area contributed by atoms with Crippen molar-refractivity contribution in [3.8, 4) is 0 Å². The van der Waals surface area contributed by atoms with Crippen molar-refractivity contribution in [1.82, 2.24) is 14.5 Å². The number of amides is 1. The molecule has 0 aliphatic carbocycles. The van der Waals surface area contributed by atoms with E-state index in [4.69, 9.17) is 27.9 Å². The maximum atomic E-state index is 14.2. The van der Waals surface area contributed by atoms with Gasteiger partial charge in [-0.1, -0.05) is 74.3 Å². The third-order valence-corrected chi connectivity index (χ3v) is 16.0. The van der Waals surface area contributed by atoms with Crippen molar-refractivity contribution in [2.24, 2.45) is 5.41 Å². The molecule has 0 bridgehead atoms. The molecule has 0 aromatic heterocycles. The van der Waals surface area contributed by atoms with E-state index in [-0.39, 0.29) is 11.0 Å². The highest BCUT2D eigenvalue weighted by molar-refractivity contribution is 7.99. The van der Waals surface area contributed by atoms with Crippen LogP contribution in [0, 0.1) is 5.41 Å². The van der Waals surface area contributed by atoms with E-state index in [9.17, 15) is 34.8 Å². The minimum atomic E-state index is -6.06. The van der Waals surface area contributed by atoms with Gasteiger partial charge >= 0.3 is 5.51 Å². The van der Waals surface area contributed by atoms with Crippen LogP contribution in [-0.4, -0.2) is 115 Å². The number of anilines is 2. The van der Waals surface area contributed by atoms with Crippen LogP contribution in [-0.2, 0) is 24.6 Å². The zero-order valence-electron chi connectivity index (χ0n) is 37.1. The van der Waals surface area contributed by atoms with Gasteiger partial charge in [0.25, 0.3) is 25.8 Å². The number of rotatable bonds is 18. The molecule has 2 aliphatic rings. The summed E-state index contributed by atoms with van der Waals surface area (Å²) in [5.74, 6) is -0.679. The summed E-state index contributed by atoms with van der Waals surface area (Å²) in [6.45, 7) is 12.9. The Morgan fingerprint density at radius 1 is 0.818 bits per heavy atom. The molecule has 0 spiro atoms. The van der Waals surface area contributed by atoms with Crippen molar-refractivity contribution in [3.05, 3.63) is 118 Å². The topological polar surface area (TPSA) is 128 Å². The molecule has 0 radical (unpaired) electrons. The van der Waals surface area contributed by atoms with Gasteiger partial charge in [0.15, 0.2) is 0 Å². The third kappa shape index (κ3) is 14.4. The smallest absolute Gasteiger partial charge is 0.380 e. The molecule has 2 fully saturated rings. The predicted octanol–water partition coefficient (Wildman–Crippen LogP) is 9.65. The molecule has 6 rings (SSSR count). The first kappa shape index (κ1) is 51.6. The average Bonchev–Trinajstić information content (AvgIpc) is 3.28. The maximum Gasteiger partial charge on any atom is 0.501 e. The van der Waals surface area contributed by atoms with Crippen molar-refractivity contribution >= 4 is 77.7 Å². The van der Waals surface area contributed by atoms with Crippen LogP contribution in [0.15, 0.2) is 117 Å². The Kier molecular flexibility index (Phi) is 17.6. The first-order valence-corrected chi connectivity index (χ1v) is 26.4. The number of carbonyl (C=O) groups is 1. The fourth-order valence-corrected chi connectivity index (χ4v) is 11.1. The van der Waals surface area contributed by atoms with Gasteiger partial charge in [-0.25, -0.2) is 21.6 Å². The molecule has 2 N–H and O–H groups in total. The number of piperazine rings is 1. The number of carbonyl (C=O) groups excluding carboxylic acids is 1. The Labute approximate surface area is 401 Å². The molecule has 11 nitrogen and oxygen atoms in total. The van der Waals surface area contributed by atoms with E-state index in [1.54, 1.807) is 12.1 Å². The molecule has 0 unspecified atom stereocenters. The normalized spacial score (nSPS) is 16.7. The lowest BCUT2D eigenvalue weighted by atomic mass is 9.87. The zero-order chi connectivity index (χ0) is 47.7. The minimum absolute atomic E-state index is 0.0247. The average molecular weight is 1010 g/mol.